The highest BCUT2D eigenvalue weighted by Gasteiger charge is 2.43. The van der Waals surface area contributed by atoms with Gasteiger partial charge in [-0.05, 0) is 30.9 Å². The lowest BCUT2D eigenvalue weighted by atomic mass is 9.91. The van der Waals surface area contributed by atoms with E-state index in [1.165, 1.54) is 16.2 Å². The minimum Gasteiger partial charge on any atom is -0.391 e. The van der Waals surface area contributed by atoms with Gasteiger partial charge in [0, 0.05) is 19.0 Å². The number of carbonyl (C=O) groups excluding carboxylic acids is 2. The molecule has 1 saturated heterocycles. The molecule has 38 heavy (non-hydrogen) atoms. The van der Waals surface area contributed by atoms with Gasteiger partial charge < -0.3 is 19.8 Å². The second-order valence-electron chi connectivity index (χ2n) is 9.59. The number of likely N-dealkylation sites (tertiary alicyclic amines) is 1. The minimum absolute atomic E-state index is 0.0243. The van der Waals surface area contributed by atoms with E-state index in [4.69, 9.17) is 4.52 Å². The number of aromatic nitrogens is 2. The Morgan fingerprint density at radius 1 is 1.24 bits per heavy atom. The average molecular weight is 545 g/mol. The van der Waals surface area contributed by atoms with Crippen molar-refractivity contribution in [3.05, 3.63) is 58.6 Å². The summed E-state index contributed by atoms with van der Waals surface area (Å²) in [6.07, 6.45) is -0.764. The van der Waals surface area contributed by atoms with Crippen molar-refractivity contribution in [3.63, 3.8) is 0 Å². The number of nitrogens with one attached hydrogen (secondary N) is 1. The van der Waals surface area contributed by atoms with Gasteiger partial charge in [-0.3, -0.25) is 9.59 Å². The lowest BCUT2D eigenvalue weighted by molar-refractivity contribution is -0.141. The number of hydrogen-bond acceptors (Lipinski definition) is 7. The predicted molar refractivity (Wildman–Crippen MR) is 145 cm³/mol. The molecular weight excluding hydrogens is 507 g/mol. The molecule has 2 aromatic heterocycles. The fraction of sp³-hybridized carbons (Fsp3) is 0.500. The van der Waals surface area contributed by atoms with Crippen LogP contribution in [0, 0.1) is 19.8 Å². The standard InChI is InChI=1S/C26H31FN4O4S.C2H6/c1-14(2)23(22-9-15(3)30-35-22)26(34)31-12-19(32)10-21(31)25(33)29-20(11-27)17-5-7-18(8-6-17)24-16(4)28-13-36-24;1-2/h5-9,13-14,19-21,23,32H,10-12H2,1-4H3,(H,29,33);1-2H3. The van der Waals surface area contributed by atoms with Crippen molar-refractivity contribution < 1.29 is 23.6 Å². The van der Waals surface area contributed by atoms with Crippen molar-refractivity contribution in [2.24, 2.45) is 5.92 Å². The smallest absolute Gasteiger partial charge is 0.243 e. The predicted octanol–water partition coefficient (Wildman–Crippen LogP) is 4.97. The number of carbonyl (C=O) groups is 2. The van der Waals surface area contributed by atoms with Crippen LogP contribution >= 0.6 is 11.3 Å². The topological polar surface area (TPSA) is 109 Å². The highest BCUT2D eigenvalue weighted by atomic mass is 32.1. The van der Waals surface area contributed by atoms with Crippen LogP contribution < -0.4 is 5.32 Å². The van der Waals surface area contributed by atoms with E-state index in [1.54, 1.807) is 30.6 Å². The van der Waals surface area contributed by atoms with Gasteiger partial charge in [0.25, 0.3) is 0 Å². The first-order chi connectivity index (χ1) is 18.2. The van der Waals surface area contributed by atoms with Crippen LogP contribution in [0.25, 0.3) is 10.4 Å². The normalized spacial score (nSPS) is 18.6. The Balaban J connectivity index is 0.00000195. The summed E-state index contributed by atoms with van der Waals surface area (Å²) in [5.41, 5.74) is 4.94. The van der Waals surface area contributed by atoms with Gasteiger partial charge in [0.05, 0.1) is 33.9 Å². The van der Waals surface area contributed by atoms with Crippen LogP contribution in [0.4, 0.5) is 4.39 Å². The summed E-state index contributed by atoms with van der Waals surface area (Å²) in [6.45, 7) is 10.7. The zero-order chi connectivity index (χ0) is 28.0. The van der Waals surface area contributed by atoms with Crippen molar-refractivity contribution >= 4 is 23.2 Å². The zero-order valence-corrected chi connectivity index (χ0v) is 23.6. The molecule has 1 fully saturated rings. The molecule has 1 aliphatic heterocycles. The molecule has 0 spiro atoms. The van der Waals surface area contributed by atoms with E-state index in [0.717, 1.165) is 16.1 Å². The van der Waals surface area contributed by atoms with Crippen molar-refractivity contribution in [1.82, 2.24) is 20.4 Å². The molecule has 1 aliphatic rings. The molecule has 0 bridgehead atoms. The van der Waals surface area contributed by atoms with E-state index in [-0.39, 0.29) is 24.8 Å². The molecule has 0 radical (unpaired) electrons. The molecule has 1 aromatic carbocycles. The summed E-state index contributed by atoms with van der Waals surface area (Å²) in [5, 5.41) is 17.0. The highest BCUT2D eigenvalue weighted by molar-refractivity contribution is 7.13. The van der Waals surface area contributed by atoms with Gasteiger partial charge in [-0.15, -0.1) is 11.3 Å². The van der Waals surface area contributed by atoms with Crippen molar-refractivity contribution in [3.8, 4) is 10.4 Å². The number of thiazole rings is 1. The van der Waals surface area contributed by atoms with Crippen LogP contribution in [-0.4, -0.2) is 57.3 Å². The Bertz CT molecular complexity index is 1210. The van der Waals surface area contributed by atoms with E-state index < -0.39 is 36.7 Å². The first-order valence-electron chi connectivity index (χ1n) is 13.0. The summed E-state index contributed by atoms with van der Waals surface area (Å²) >= 11 is 1.53. The zero-order valence-electron chi connectivity index (χ0n) is 22.8. The summed E-state index contributed by atoms with van der Waals surface area (Å²) in [4.78, 5) is 33.5. The number of hydrogen-bond donors (Lipinski definition) is 2. The maximum atomic E-state index is 14.0. The first-order valence-corrected chi connectivity index (χ1v) is 13.9. The van der Waals surface area contributed by atoms with Crippen LogP contribution in [0.3, 0.4) is 0 Å². The number of aliphatic hydroxyl groups excluding tert-OH is 1. The second-order valence-corrected chi connectivity index (χ2v) is 10.4. The molecule has 3 aromatic rings. The Morgan fingerprint density at radius 2 is 1.92 bits per heavy atom. The number of rotatable bonds is 8. The monoisotopic (exact) mass is 544 g/mol. The quantitative estimate of drug-likeness (QED) is 0.415. The lowest BCUT2D eigenvalue weighted by Gasteiger charge is -2.29. The van der Waals surface area contributed by atoms with Gasteiger partial charge in [-0.2, -0.15) is 0 Å². The largest absolute Gasteiger partial charge is 0.391 e. The maximum absolute atomic E-state index is 14.0. The summed E-state index contributed by atoms with van der Waals surface area (Å²) in [5.74, 6) is -1.16. The maximum Gasteiger partial charge on any atom is 0.243 e. The van der Waals surface area contributed by atoms with E-state index in [2.05, 4.69) is 15.5 Å². The number of alkyl halides is 1. The number of amides is 2. The summed E-state index contributed by atoms with van der Waals surface area (Å²) < 4.78 is 19.4. The van der Waals surface area contributed by atoms with Crippen LogP contribution in [0.1, 0.15) is 68.8 Å². The molecule has 3 heterocycles. The molecule has 2 N–H and O–H groups in total. The highest BCUT2D eigenvalue weighted by Crippen LogP contribution is 2.32. The van der Waals surface area contributed by atoms with E-state index >= 15 is 0 Å². The Morgan fingerprint density at radius 3 is 2.45 bits per heavy atom. The average Bonchev–Trinajstić information content (AvgIpc) is 3.63. The van der Waals surface area contributed by atoms with E-state index in [9.17, 15) is 19.1 Å². The first kappa shape index (κ1) is 29.4. The Labute approximate surface area is 227 Å². The van der Waals surface area contributed by atoms with Crippen LogP contribution in [0.15, 0.2) is 40.4 Å². The molecule has 4 rings (SSSR count). The van der Waals surface area contributed by atoms with E-state index in [1.807, 2.05) is 46.8 Å². The summed E-state index contributed by atoms with van der Waals surface area (Å²) in [7, 11) is 0. The molecule has 0 saturated carbocycles. The van der Waals surface area contributed by atoms with Gasteiger partial charge in [-0.25, -0.2) is 9.37 Å². The number of nitrogens with zero attached hydrogens (tertiary/aromatic N) is 3. The van der Waals surface area contributed by atoms with Gasteiger partial charge in [0.15, 0.2) is 0 Å². The third kappa shape index (κ3) is 6.47. The number of aryl methyl sites for hydroxylation is 2. The van der Waals surface area contributed by atoms with Crippen LogP contribution in [0.5, 0.6) is 0 Å². The van der Waals surface area contributed by atoms with Crippen molar-refractivity contribution in [2.45, 2.75) is 72.1 Å². The van der Waals surface area contributed by atoms with Crippen LogP contribution in [-0.2, 0) is 9.59 Å². The van der Waals surface area contributed by atoms with Gasteiger partial charge in [0.2, 0.25) is 11.8 Å². The van der Waals surface area contributed by atoms with Gasteiger partial charge in [0.1, 0.15) is 24.4 Å². The molecule has 10 heteroatoms. The van der Waals surface area contributed by atoms with Gasteiger partial charge >= 0.3 is 0 Å². The number of benzene rings is 1. The lowest BCUT2D eigenvalue weighted by Crippen LogP contribution is -2.49. The fourth-order valence-electron chi connectivity index (χ4n) is 4.67. The second kappa shape index (κ2) is 13.1. The molecule has 4 unspecified atom stereocenters. The van der Waals surface area contributed by atoms with Crippen molar-refractivity contribution in [2.75, 3.05) is 13.2 Å². The Kier molecular flexibility index (Phi) is 10.2. The molecule has 206 valence electrons. The van der Waals surface area contributed by atoms with E-state index in [0.29, 0.717) is 17.0 Å². The van der Waals surface area contributed by atoms with Crippen LogP contribution in [0.2, 0.25) is 0 Å². The van der Waals surface area contributed by atoms with Gasteiger partial charge in [-0.1, -0.05) is 57.1 Å². The molecule has 0 aliphatic carbocycles. The Hall–Kier alpha value is -3.11. The molecular formula is C28H37FN4O4S. The number of halogens is 1. The molecule has 4 atom stereocenters. The molecule has 8 nitrogen and oxygen atoms in total. The number of β-amino-alcohol motifs (C(OH)–C–C–N with tert-alkyl or cyclic N) is 1. The minimum atomic E-state index is -0.911. The summed E-state index contributed by atoms with van der Waals surface area (Å²) in [6, 6.07) is 7.26. The fourth-order valence-corrected chi connectivity index (χ4v) is 5.49. The third-order valence-corrected chi connectivity index (χ3v) is 7.52. The third-order valence-electron chi connectivity index (χ3n) is 6.54. The molecule has 2 amide bonds. The van der Waals surface area contributed by atoms with Crippen molar-refractivity contribution in [1.29, 1.82) is 0 Å². The number of aliphatic hydroxyl groups is 1. The SMILES string of the molecule is CC.Cc1cc(C(C(=O)N2CC(O)CC2C(=O)NC(CF)c2ccc(-c3scnc3C)cc2)C(C)C)on1.